The van der Waals surface area contributed by atoms with Gasteiger partial charge in [0.2, 0.25) is 0 Å². The molecule has 0 aromatic rings. The Hall–Kier alpha value is 0.440. The van der Waals surface area contributed by atoms with E-state index in [2.05, 4.69) is 36.2 Å². The predicted octanol–water partition coefficient (Wildman–Crippen LogP) is -0.272. The van der Waals surface area contributed by atoms with Crippen molar-refractivity contribution in [1.29, 1.82) is 0 Å². The molecular weight excluding hydrogens is 500 g/mol. The fourth-order valence-corrected chi connectivity index (χ4v) is 3.86. The molecule has 0 radical (unpaired) electrons. The van der Waals surface area contributed by atoms with E-state index < -0.39 is 58.1 Å². The van der Waals surface area contributed by atoms with Crippen LogP contribution < -0.4 is 19.6 Å². The molecular formula is C10H22O16P4-4. The van der Waals surface area contributed by atoms with Crippen molar-refractivity contribution in [2.75, 3.05) is 40.0 Å². The third-order valence-corrected chi connectivity index (χ3v) is 6.29. The van der Waals surface area contributed by atoms with Gasteiger partial charge >= 0.3 is 0 Å². The van der Waals surface area contributed by atoms with Crippen LogP contribution in [0.15, 0.2) is 0 Å². The summed E-state index contributed by atoms with van der Waals surface area (Å²) < 4.78 is 78.5. The SMILES string of the molecule is CCOP(=O)([O-])OCOP(=O)([O-])OCCCCOP(=O)([O-])OCOP(=O)([O-])OCC. The monoisotopic (exact) mass is 522 g/mol. The van der Waals surface area contributed by atoms with Crippen LogP contribution >= 0.6 is 31.3 Å². The number of phosphoric ester groups is 4. The van der Waals surface area contributed by atoms with E-state index in [1.54, 1.807) is 0 Å². The molecule has 4 unspecified atom stereocenters. The summed E-state index contributed by atoms with van der Waals surface area (Å²) in [5.41, 5.74) is 0. The Balaban J connectivity index is 3.95. The topological polar surface area (TPSA) is 234 Å². The van der Waals surface area contributed by atoms with Gasteiger partial charge in [-0.1, -0.05) is 0 Å². The fourth-order valence-electron chi connectivity index (χ4n) is 1.33. The molecule has 0 aliphatic rings. The molecule has 0 aromatic heterocycles. The van der Waals surface area contributed by atoms with Crippen molar-refractivity contribution in [2.24, 2.45) is 0 Å². The maximum Gasteiger partial charge on any atom is 0.270 e. The number of rotatable bonds is 19. The Morgan fingerprint density at radius 3 is 1.03 bits per heavy atom. The molecule has 20 heteroatoms. The lowest BCUT2D eigenvalue weighted by molar-refractivity contribution is -0.247. The molecule has 0 saturated heterocycles. The maximum absolute atomic E-state index is 11.4. The van der Waals surface area contributed by atoms with Crippen molar-refractivity contribution in [3.05, 3.63) is 0 Å². The zero-order valence-electron chi connectivity index (χ0n) is 16.0. The highest BCUT2D eigenvalue weighted by Gasteiger charge is 2.15. The van der Waals surface area contributed by atoms with Crippen LogP contribution in [0.5, 0.6) is 0 Å². The van der Waals surface area contributed by atoms with Gasteiger partial charge in [0.15, 0.2) is 13.6 Å². The van der Waals surface area contributed by atoms with Gasteiger partial charge in [0.1, 0.15) is 0 Å². The minimum atomic E-state index is -4.87. The molecule has 0 bridgehead atoms. The third kappa shape index (κ3) is 17.0. The van der Waals surface area contributed by atoms with E-state index in [1.807, 2.05) is 0 Å². The normalized spacial score (nSPS) is 20.1. The standard InChI is InChI=1S/C10H26O16P4/c1-3-19-27(11,12)23-9-25-29(15,16)21-7-5-6-8-22-30(17,18)26-10-24-28(13,14)20-4-2/h3-10H2,1-2H3,(H,11,12)(H,13,14)(H,15,16)(H,17,18)/p-4. The first-order valence-electron chi connectivity index (χ1n) is 8.14. The molecule has 0 fully saturated rings. The quantitative estimate of drug-likeness (QED) is 0.121. The van der Waals surface area contributed by atoms with Crippen LogP contribution in [0.3, 0.4) is 0 Å². The van der Waals surface area contributed by atoms with Crippen LogP contribution in [0.4, 0.5) is 0 Å². The van der Waals surface area contributed by atoms with Gasteiger partial charge in [0, 0.05) is 0 Å². The molecule has 0 spiro atoms. The average molecular weight is 522 g/mol. The molecule has 0 rings (SSSR count). The lowest BCUT2D eigenvalue weighted by atomic mass is 10.3. The summed E-state index contributed by atoms with van der Waals surface area (Å²) >= 11 is 0. The number of hydrogen-bond acceptors (Lipinski definition) is 16. The molecule has 0 aliphatic heterocycles. The maximum atomic E-state index is 11.4. The number of phosphoric acid groups is 4. The Morgan fingerprint density at radius 1 is 0.500 bits per heavy atom. The highest BCUT2D eigenvalue weighted by molar-refractivity contribution is 7.47. The van der Waals surface area contributed by atoms with E-state index in [1.165, 1.54) is 13.8 Å². The summed E-state index contributed by atoms with van der Waals surface area (Å²) in [6, 6.07) is 0. The van der Waals surface area contributed by atoms with Gasteiger partial charge in [-0.25, -0.2) is 0 Å². The van der Waals surface area contributed by atoms with Crippen LogP contribution in [0.2, 0.25) is 0 Å². The molecule has 182 valence electrons. The van der Waals surface area contributed by atoms with Gasteiger partial charge in [0.05, 0.1) is 26.4 Å². The Labute approximate surface area is 172 Å². The largest absolute Gasteiger partial charge is 0.756 e. The first-order chi connectivity index (χ1) is 13.7. The first-order valence-corrected chi connectivity index (χ1v) is 14.0. The molecule has 4 atom stereocenters. The molecule has 30 heavy (non-hydrogen) atoms. The van der Waals surface area contributed by atoms with Crippen molar-refractivity contribution in [1.82, 2.24) is 0 Å². The highest BCUT2D eigenvalue weighted by Crippen LogP contribution is 2.44. The molecule has 0 amide bonds. The van der Waals surface area contributed by atoms with E-state index in [-0.39, 0.29) is 26.1 Å². The summed E-state index contributed by atoms with van der Waals surface area (Å²) in [5.74, 6) is 0. The zero-order valence-corrected chi connectivity index (χ0v) is 19.6. The van der Waals surface area contributed by atoms with Gasteiger partial charge in [-0.3, -0.25) is 36.4 Å². The number of hydrogen-bond donors (Lipinski definition) is 0. The minimum absolute atomic E-state index is 0.00789. The fraction of sp³-hybridized carbons (Fsp3) is 1.00. The molecule has 0 heterocycles. The van der Waals surface area contributed by atoms with E-state index in [0.717, 1.165) is 0 Å². The lowest BCUT2D eigenvalue weighted by Crippen LogP contribution is -2.15. The Kier molecular flexibility index (Phi) is 14.8. The van der Waals surface area contributed by atoms with Crippen molar-refractivity contribution in [2.45, 2.75) is 26.7 Å². The summed E-state index contributed by atoms with van der Waals surface area (Å²) in [4.78, 5) is 44.8. The summed E-state index contributed by atoms with van der Waals surface area (Å²) in [7, 11) is -19.1. The van der Waals surface area contributed by atoms with Crippen molar-refractivity contribution >= 4 is 31.3 Å². The molecule has 16 nitrogen and oxygen atoms in total. The zero-order chi connectivity index (χ0) is 23.3. The number of unbranched alkanes of at least 4 members (excludes halogenated alkanes) is 1. The van der Waals surface area contributed by atoms with Crippen LogP contribution in [0.1, 0.15) is 26.7 Å². The van der Waals surface area contributed by atoms with Gasteiger partial charge in [-0.05, 0) is 26.7 Å². The van der Waals surface area contributed by atoms with Crippen molar-refractivity contribution in [3.8, 4) is 0 Å². The van der Waals surface area contributed by atoms with Gasteiger partial charge in [0.25, 0.3) is 31.3 Å². The molecule has 0 N–H and O–H groups in total. The Morgan fingerprint density at radius 2 is 0.767 bits per heavy atom. The summed E-state index contributed by atoms with van der Waals surface area (Å²) in [6.07, 6.45) is -0.0158. The van der Waals surface area contributed by atoms with E-state index >= 15 is 0 Å². The lowest BCUT2D eigenvalue weighted by Gasteiger charge is -2.26. The van der Waals surface area contributed by atoms with Gasteiger partial charge in [-0.2, -0.15) is 0 Å². The summed E-state index contributed by atoms with van der Waals surface area (Å²) in [6.45, 7) is -0.911. The second-order valence-corrected chi connectivity index (χ2v) is 10.4. The minimum Gasteiger partial charge on any atom is -0.756 e. The van der Waals surface area contributed by atoms with Gasteiger partial charge < -0.3 is 37.7 Å². The van der Waals surface area contributed by atoms with Crippen LogP contribution in [0.25, 0.3) is 0 Å². The second kappa shape index (κ2) is 14.6. The van der Waals surface area contributed by atoms with E-state index in [4.69, 9.17) is 0 Å². The molecule has 0 aromatic carbocycles. The highest BCUT2D eigenvalue weighted by atomic mass is 31.2. The molecule has 0 saturated carbocycles. The predicted molar refractivity (Wildman–Crippen MR) is 88.9 cm³/mol. The second-order valence-electron chi connectivity index (χ2n) is 4.75. The van der Waals surface area contributed by atoms with E-state index in [9.17, 15) is 37.8 Å². The van der Waals surface area contributed by atoms with Crippen LogP contribution in [-0.4, -0.2) is 40.0 Å². The van der Waals surface area contributed by atoms with Crippen molar-refractivity contribution < 1.29 is 74.0 Å². The molecule has 0 aliphatic carbocycles. The first kappa shape index (κ1) is 30.4. The Bertz CT molecular complexity index is 612. The van der Waals surface area contributed by atoms with Gasteiger partial charge in [-0.15, -0.1) is 0 Å². The van der Waals surface area contributed by atoms with Crippen LogP contribution in [0, 0.1) is 0 Å². The van der Waals surface area contributed by atoms with Crippen molar-refractivity contribution in [3.63, 3.8) is 0 Å². The summed E-state index contributed by atoms with van der Waals surface area (Å²) in [5, 5.41) is 0. The van der Waals surface area contributed by atoms with Crippen LogP contribution in [-0.2, 0) is 54.5 Å². The smallest absolute Gasteiger partial charge is 0.270 e. The average Bonchev–Trinajstić information content (AvgIpc) is 2.56. The van der Waals surface area contributed by atoms with E-state index in [0.29, 0.717) is 0 Å². The third-order valence-electron chi connectivity index (χ3n) is 2.46.